The molecule has 0 saturated carbocycles. The highest BCUT2D eigenvalue weighted by Gasteiger charge is 2.18. The molecule has 19 heavy (non-hydrogen) atoms. The second-order valence-corrected chi connectivity index (χ2v) is 6.12. The largest absolute Gasteiger partial charge is 0.399 e. The first-order valence-electron chi connectivity index (χ1n) is 6.62. The number of carbonyl (C=O) groups is 1. The van der Waals surface area contributed by atoms with Gasteiger partial charge < -0.3 is 11.1 Å². The number of piperidine rings is 1. The van der Waals surface area contributed by atoms with Gasteiger partial charge in [-0.15, -0.1) is 0 Å². The van der Waals surface area contributed by atoms with Crippen LogP contribution in [0.1, 0.15) is 19.8 Å². The third-order valence-corrected chi connectivity index (χ3v) is 4.03. The lowest BCUT2D eigenvalue weighted by Gasteiger charge is -2.30. The van der Waals surface area contributed by atoms with E-state index in [0.717, 1.165) is 23.2 Å². The molecule has 1 aromatic rings. The van der Waals surface area contributed by atoms with E-state index < -0.39 is 0 Å². The van der Waals surface area contributed by atoms with Crippen LogP contribution in [0.3, 0.4) is 0 Å². The molecule has 1 aliphatic heterocycles. The molecular weight excluding hydrogens is 306 g/mol. The second kappa shape index (κ2) is 6.39. The number of anilines is 2. The number of nitrogen functional groups attached to an aromatic ring is 1. The van der Waals surface area contributed by atoms with E-state index in [-0.39, 0.29) is 5.91 Å². The molecule has 1 amide bonds. The van der Waals surface area contributed by atoms with Crippen LogP contribution in [0, 0.1) is 5.92 Å². The van der Waals surface area contributed by atoms with E-state index in [0.29, 0.717) is 18.2 Å². The third-order valence-electron chi connectivity index (χ3n) is 3.38. The maximum Gasteiger partial charge on any atom is 0.238 e. The maximum atomic E-state index is 12.0. The summed E-state index contributed by atoms with van der Waals surface area (Å²) < 4.78 is 0.813. The molecule has 0 radical (unpaired) electrons. The zero-order chi connectivity index (χ0) is 13.8. The number of hydrogen-bond acceptors (Lipinski definition) is 3. The van der Waals surface area contributed by atoms with Crippen molar-refractivity contribution in [3.8, 4) is 0 Å². The quantitative estimate of drug-likeness (QED) is 0.840. The van der Waals surface area contributed by atoms with Crippen molar-refractivity contribution in [3.63, 3.8) is 0 Å². The standard InChI is InChI=1S/C14H20BrN3O/c1-10-3-2-6-18(8-10)9-14(19)17-13-5-4-11(16)7-12(13)15/h4-5,7,10H,2-3,6,8-9,16H2,1H3,(H,17,19). The molecule has 1 aliphatic rings. The third kappa shape index (κ3) is 4.21. The van der Waals surface area contributed by atoms with Gasteiger partial charge in [0.15, 0.2) is 0 Å². The highest BCUT2D eigenvalue weighted by Crippen LogP contribution is 2.24. The molecule has 0 bridgehead atoms. The van der Waals surface area contributed by atoms with Gasteiger partial charge in [-0.25, -0.2) is 0 Å². The van der Waals surface area contributed by atoms with Gasteiger partial charge in [0.25, 0.3) is 0 Å². The van der Waals surface area contributed by atoms with Gasteiger partial charge in [-0.05, 0) is 59.4 Å². The monoisotopic (exact) mass is 325 g/mol. The number of likely N-dealkylation sites (tertiary alicyclic amines) is 1. The Kier molecular flexibility index (Phi) is 4.82. The van der Waals surface area contributed by atoms with Crippen LogP contribution < -0.4 is 11.1 Å². The second-order valence-electron chi connectivity index (χ2n) is 5.27. The van der Waals surface area contributed by atoms with Gasteiger partial charge in [-0.2, -0.15) is 0 Å². The van der Waals surface area contributed by atoms with Crippen LogP contribution in [0.25, 0.3) is 0 Å². The number of hydrogen-bond donors (Lipinski definition) is 2. The van der Waals surface area contributed by atoms with Crippen LogP contribution in [0.4, 0.5) is 11.4 Å². The fraction of sp³-hybridized carbons (Fsp3) is 0.500. The van der Waals surface area contributed by atoms with Gasteiger partial charge in [-0.3, -0.25) is 9.69 Å². The molecule has 1 saturated heterocycles. The first kappa shape index (κ1) is 14.3. The van der Waals surface area contributed by atoms with Crippen molar-refractivity contribution in [2.75, 3.05) is 30.7 Å². The van der Waals surface area contributed by atoms with Gasteiger partial charge in [0.05, 0.1) is 12.2 Å². The predicted molar refractivity (Wildman–Crippen MR) is 82.0 cm³/mol. The van der Waals surface area contributed by atoms with E-state index in [4.69, 9.17) is 5.73 Å². The predicted octanol–water partition coefficient (Wildman–Crippen LogP) is 2.70. The molecule has 104 valence electrons. The summed E-state index contributed by atoms with van der Waals surface area (Å²) in [6.07, 6.45) is 2.45. The molecule has 0 aromatic heterocycles. The Labute approximate surface area is 122 Å². The topological polar surface area (TPSA) is 58.4 Å². The molecule has 2 rings (SSSR count). The van der Waals surface area contributed by atoms with Crippen molar-refractivity contribution < 1.29 is 4.79 Å². The van der Waals surface area contributed by atoms with Gasteiger partial charge in [-0.1, -0.05) is 6.92 Å². The van der Waals surface area contributed by atoms with Gasteiger partial charge >= 0.3 is 0 Å². The maximum absolute atomic E-state index is 12.0. The number of carbonyl (C=O) groups excluding carboxylic acids is 1. The smallest absolute Gasteiger partial charge is 0.238 e. The highest BCUT2D eigenvalue weighted by atomic mass is 79.9. The van der Waals surface area contributed by atoms with Crippen LogP contribution >= 0.6 is 15.9 Å². The molecular formula is C14H20BrN3O. The summed E-state index contributed by atoms with van der Waals surface area (Å²) in [7, 11) is 0. The van der Waals surface area contributed by atoms with Crippen LogP contribution in [-0.2, 0) is 4.79 Å². The van der Waals surface area contributed by atoms with Crippen molar-refractivity contribution in [1.29, 1.82) is 0 Å². The number of nitrogens with two attached hydrogens (primary N) is 1. The minimum atomic E-state index is 0.0274. The number of nitrogens with zero attached hydrogens (tertiary/aromatic N) is 1. The summed E-state index contributed by atoms with van der Waals surface area (Å²) in [4.78, 5) is 14.2. The molecule has 4 nitrogen and oxygen atoms in total. The average molecular weight is 326 g/mol. The summed E-state index contributed by atoms with van der Waals surface area (Å²) in [6.45, 7) is 4.72. The Morgan fingerprint density at radius 3 is 3.05 bits per heavy atom. The van der Waals surface area contributed by atoms with Gasteiger partial charge in [0, 0.05) is 16.7 Å². The number of amides is 1. The van der Waals surface area contributed by atoms with E-state index in [1.807, 2.05) is 6.07 Å². The summed E-state index contributed by atoms with van der Waals surface area (Å²) in [6, 6.07) is 5.39. The zero-order valence-electron chi connectivity index (χ0n) is 11.2. The van der Waals surface area contributed by atoms with E-state index >= 15 is 0 Å². The van der Waals surface area contributed by atoms with Gasteiger partial charge in [0.2, 0.25) is 5.91 Å². The van der Waals surface area contributed by atoms with Crippen LogP contribution in [0.5, 0.6) is 0 Å². The number of rotatable bonds is 3. The van der Waals surface area contributed by atoms with Crippen LogP contribution in [-0.4, -0.2) is 30.4 Å². The zero-order valence-corrected chi connectivity index (χ0v) is 12.7. The van der Waals surface area contributed by atoms with Crippen molar-refractivity contribution in [1.82, 2.24) is 4.90 Å². The molecule has 1 heterocycles. The van der Waals surface area contributed by atoms with E-state index in [1.54, 1.807) is 12.1 Å². The Morgan fingerprint density at radius 1 is 1.58 bits per heavy atom. The molecule has 1 fully saturated rings. The van der Waals surface area contributed by atoms with E-state index in [1.165, 1.54) is 12.8 Å². The normalized spacial score (nSPS) is 20.2. The Morgan fingerprint density at radius 2 is 2.37 bits per heavy atom. The minimum absolute atomic E-state index is 0.0274. The Balaban J connectivity index is 1.90. The number of nitrogens with one attached hydrogen (secondary N) is 1. The molecule has 5 heteroatoms. The number of halogens is 1. The van der Waals surface area contributed by atoms with Crippen molar-refractivity contribution in [3.05, 3.63) is 22.7 Å². The number of benzene rings is 1. The highest BCUT2D eigenvalue weighted by molar-refractivity contribution is 9.10. The lowest BCUT2D eigenvalue weighted by molar-refractivity contribution is -0.117. The summed E-state index contributed by atoms with van der Waals surface area (Å²) in [5, 5.41) is 2.92. The van der Waals surface area contributed by atoms with E-state index in [2.05, 4.69) is 33.1 Å². The average Bonchev–Trinajstić information content (AvgIpc) is 2.33. The lowest BCUT2D eigenvalue weighted by Crippen LogP contribution is -2.39. The molecule has 1 unspecified atom stereocenters. The van der Waals surface area contributed by atoms with E-state index in [9.17, 15) is 4.79 Å². The molecule has 1 atom stereocenters. The first-order valence-corrected chi connectivity index (χ1v) is 7.41. The lowest BCUT2D eigenvalue weighted by atomic mass is 10.0. The molecule has 0 aliphatic carbocycles. The molecule has 0 spiro atoms. The summed E-state index contributed by atoms with van der Waals surface area (Å²) >= 11 is 3.40. The first-order chi connectivity index (χ1) is 9.04. The summed E-state index contributed by atoms with van der Waals surface area (Å²) in [5.74, 6) is 0.712. The van der Waals surface area contributed by atoms with Crippen molar-refractivity contribution in [2.24, 2.45) is 5.92 Å². The van der Waals surface area contributed by atoms with Crippen LogP contribution in [0.15, 0.2) is 22.7 Å². The van der Waals surface area contributed by atoms with Crippen molar-refractivity contribution in [2.45, 2.75) is 19.8 Å². The Bertz CT molecular complexity index is 464. The van der Waals surface area contributed by atoms with Crippen LogP contribution in [0.2, 0.25) is 0 Å². The SMILES string of the molecule is CC1CCCN(CC(=O)Nc2ccc(N)cc2Br)C1. The minimum Gasteiger partial charge on any atom is -0.399 e. The Hall–Kier alpha value is -1.07. The fourth-order valence-electron chi connectivity index (χ4n) is 2.46. The van der Waals surface area contributed by atoms with Crippen molar-refractivity contribution >= 4 is 33.2 Å². The van der Waals surface area contributed by atoms with Gasteiger partial charge in [0.1, 0.15) is 0 Å². The fourth-order valence-corrected chi connectivity index (χ4v) is 2.95. The molecule has 3 N–H and O–H groups in total. The summed E-state index contributed by atoms with van der Waals surface area (Å²) in [5.41, 5.74) is 7.12. The molecule has 1 aromatic carbocycles.